The van der Waals surface area contributed by atoms with E-state index in [1.807, 2.05) is 0 Å². The predicted octanol–water partition coefficient (Wildman–Crippen LogP) is 5.48. The molecule has 0 amide bonds. The molecule has 0 unspecified atom stereocenters. The van der Waals surface area contributed by atoms with Crippen LogP contribution in [-0.4, -0.2) is 0 Å². The van der Waals surface area contributed by atoms with Gasteiger partial charge in [-0.1, -0.05) is 0 Å². The van der Waals surface area contributed by atoms with Gasteiger partial charge in [0.25, 0.3) is 0 Å². The summed E-state index contributed by atoms with van der Waals surface area (Å²) in [5, 5.41) is 0. The molecular formula is C18H19Cl2NTi. The van der Waals surface area contributed by atoms with Crippen molar-refractivity contribution in [1.82, 2.24) is 0 Å². The van der Waals surface area contributed by atoms with Crippen molar-refractivity contribution < 1.29 is 19.4 Å². The van der Waals surface area contributed by atoms with E-state index >= 15 is 0 Å². The molecular weight excluding hydrogens is 349 g/mol. The maximum atomic E-state index is 3.60. The predicted molar refractivity (Wildman–Crippen MR) is 96.4 cm³/mol. The third-order valence-electron chi connectivity index (χ3n) is 3.42. The Balaban J connectivity index is 0.00000121. The van der Waals surface area contributed by atoms with Crippen LogP contribution in [0.3, 0.4) is 0 Å². The number of para-hydroxylation sites is 1. The van der Waals surface area contributed by atoms with Crippen LogP contribution < -0.4 is 3.80 Å². The molecule has 0 fully saturated rings. The number of anilines is 1. The Hall–Kier alpha value is -0.986. The van der Waals surface area contributed by atoms with Crippen LogP contribution in [0.5, 0.6) is 0 Å². The summed E-state index contributed by atoms with van der Waals surface area (Å²) in [5.41, 5.74) is 5.60. The minimum Gasteiger partial charge on any atom is -0.147 e. The second kappa shape index (κ2) is 9.92. The van der Waals surface area contributed by atoms with Gasteiger partial charge in [-0.2, -0.15) is 0 Å². The molecule has 2 aromatic carbocycles. The van der Waals surface area contributed by atoms with E-state index in [4.69, 9.17) is 0 Å². The van der Waals surface area contributed by atoms with Crippen molar-refractivity contribution in [3.05, 3.63) is 84.0 Å². The number of hydrogen-bond donors (Lipinski definition) is 1. The van der Waals surface area contributed by atoms with Gasteiger partial charge in [0.2, 0.25) is 0 Å². The Morgan fingerprint density at radius 2 is 1.64 bits per heavy atom. The fourth-order valence-corrected chi connectivity index (χ4v) is 3.89. The molecule has 114 valence electrons. The van der Waals surface area contributed by atoms with Crippen LogP contribution in [0.2, 0.25) is 0 Å². The quantitative estimate of drug-likeness (QED) is 0.689. The van der Waals surface area contributed by atoms with Crippen molar-refractivity contribution in [2.75, 3.05) is 3.80 Å². The summed E-state index contributed by atoms with van der Waals surface area (Å²) < 4.78 is 4.77. The van der Waals surface area contributed by atoms with E-state index in [-0.39, 0.29) is 44.2 Å². The summed E-state index contributed by atoms with van der Waals surface area (Å²) in [7, 11) is 0. The van der Waals surface area contributed by atoms with Gasteiger partial charge in [0.15, 0.2) is 0 Å². The minimum atomic E-state index is -0.202. The van der Waals surface area contributed by atoms with Gasteiger partial charge in [-0.05, 0) is 0 Å². The summed E-state index contributed by atoms with van der Waals surface area (Å²) in [6, 6.07) is 19.3. The van der Waals surface area contributed by atoms with E-state index in [0.29, 0.717) is 0 Å². The molecule has 4 heteroatoms. The Bertz CT molecular complexity index is 639. The number of allylic oxidation sites excluding steroid dienone is 4. The molecule has 1 aliphatic carbocycles. The monoisotopic (exact) mass is 367 g/mol. The molecule has 0 heterocycles. The van der Waals surface area contributed by atoms with Gasteiger partial charge in [0.1, 0.15) is 0 Å². The van der Waals surface area contributed by atoms with Gasteiger partial charge in [0, 0.05) is 0 Å². The molecule has 0 saturated heterocycles. The SMILES string of the molecule is C1=CCC(c2ccccc2[CH2][Ti][NH]c2ccccc2)=C1.Cl.Cl. The van der Waals surface area contributed by atoms with Gasteiger partial charge in [-0.3, -0.25) is 0 Å². The standard InChI is InChI=1S/C12H11.C6H6N.2ClH.Ti/c1-10-6-2-5-9-12(10)11-7-3-4-8-11;7-6-4-2-1-3-5-6;;;/h2-7,9H,1,8H2;1-5,7H;2*1H;/q;-1;;;+1. The third-order valence-corrected chi connectivity index (χ3v) is 5.02. The largest absolute Gasteiger partial charge is 0.147 e. The van der Waals surface area contributed by atoms with Crippen LogP contribution in [0.25, 0.3) is 5.57 Å². The molecule has 2 aromatic rings. The first kappa shape index (κ1) is 19.1. The van der Waals surface area contributed by atoms with Crippen LogP contribution in [0.1, 0.15) is 17.5 Å². The molecule has 0 atom stereocenters. The summed E-state index contributed by atoms with van der Waals surface area (Å²) in [6.45, 7) is 0. The van der Waals surface area contributed by atoms with Crippen molar-refractivity contribution in [3.8, 4) is 0 Å². The molecule has 0 aliphatic heterocycles. The molecule has 0 bridgehead atoms. The van der Waals surface area contributed by atoms with E-state index in [0.717, 1.165) is 6.42 Å². The number of rotatable bonds is 5. The van der Waals surface area contributed by atoms with Crippen LogP contribution >= 0.6 is 24.8 Å². The van der Waals surface area contributed by atoms with E-state index in [9.17, 15) is 0 Å². The molecule has 1 nitrogen and oxygen atoms in total. The zero-order chi connectivity index (χ0) is 13.6. The second-order valence-corrected chi connectivity index (χ2v) is 6.32. The second-order valence-electron chi connectivity index (χ2n) is 4.83. The average molecular weight is 368 g/mol. The Morgan fingerprint density at radius 1 is 0.909 bits per heavy atom. The summed E-state index contributed by atoms with van der Waals surface area (Å²) in [6.07, 6.45) is 7.70. The van der Waals surface area contributed by atoms with Crippen LogP contribution in [0.4, 0.5) is 5.69 Å². The maximum absolute atomic E-state index is 3.60. The first-order valence-electron chi connectivity index (χ1n) is 6.91. The zero-order valence-corrected chi connectivity index (χ0v) is 15.4. The normalized spacial score (nSPS) is 11.9. The molecule has 0 saturated carbocycles. The first-order chi connectivity index (χ1) is 9.93. The number of halogens is 2. The number of nitrogens with one attached hydrogen (secondary N) is 1. The Morgan fingerprint density at radius 3 is 2.36 bits per heavy atom. The molecule has 0 radical (unpaired) electrons. The number of hydrogen-bond acceptors (Lipinski definition) is 1. The van der Waals surface area contributed by atoms with E-state index < -0.39 is 0 Å². The Kier molecular flexibility index (Phi) is 8.59. The van der Waals surface area contributed by atoms with Crippen LogP contribution in [0, 0.1) is 0 Å². The van der Waals surface area contributed by atoms with Gasteiger partial charge in [-0.15, -0.1) is 24.8 Å². The molecule has 1 aliphatic rings. The number of benzene rings is 2. The van der Waals surface area contributed by atoms with Gasteiger partial charge in [0.05, 0.1) is 0 Å². The average Bonchev–Trinajstić information content (AvgIpc) is 3.03. The summed E-state index contributed by atoms with van der Waals surface area (Å²) in [4.78, 5) is 0. The third kappa shape index (κ3) is 5.03. The van der Waals surface area contributed by atoms with E-state index in [2.05, 4.69) is 76.6 Å². The fourth-order valence-electron chi connectivity index (χ4n) is 2.40. The zero-order valence-electron chi connectivity index (χ0n) is 12.2. The minimum absolute atomic E-state index is 0. The van der Waals surface area contributed by atoms with Gasteiger partial charge >= 0.3 is 130 Å². The van der Waals surface area contributed by atoms with Gasteiger partial charge in [-0.25, -0.2) is 0 Å². The topological polar surface area (TPSA) is 12.0 Å². The Labute approximate surface area is 154 Å². The first-order valence-corrected chi connectivity index (χ1v) is 8.80. The van der Waals surface area contributed by atoms with Crippen molar-refractivity contribution in [1.29, 1.82) is 0 Å². The molecule has 3 rings (SSSR count). The summed E-state index contributed by atoms with van der Waals surface area (Å²) in [5.74, 6) is 0. The molecule has 0 aromatic heterocycles. The smallest absolute Gasteiger partial charge is 0.147 e. The van der Waals surface area contributed by atoms with Gasteiger partial charge < -0.3 is 0 Å². The van der Waals surface area contributed by atoms with Crippen molar-refractivity contribution >= 4 is 36.1 Å². The summed E-state index contributed by atoms with van der Waals surface area (Å²) >= 11 is -0.202. The molecule has 0 spiro atoms. The van der Waals surface area contributed by atoms with E-state index in [1.165, 1.54) is 27.1 Å². The molecule has 1 N–H and O–H groups in total. The van der Waals surface area contributed by atoms with Crippen molar-refractivity contribution in [2.45, 2.75) is 11.1 Å². The fraction of sp³-hybridized carbons (Fsp3) is 0.111. The van der Waals surface area contributed by atoms with E-state index in [1.54, 1.807) is 0 Å². The van der Waals surface area contributed by atoms with Crippen LogP contribution in [0.15, 0.2) is 72.8 Å². The van der Waals surface area contributed by atoms with Crippen LogP contribution in [-0.2, 0) is 24.1 Å². The maximum Gasteiger partial charge on any atom is -0.147 e. The van der Waals surface area contributed by atoms with Crippen molar-refractivity contribution in [2.24, 2.45) is 0 Å². The molecule has 22 heavy (non-hydrogen) atoms. The van der Waals surface area contributed by atoms with Crippen molar-refractivity contribution in [3.63, 3.8) is 0 Å².